The van der Waals surface area contributed by atoms with Gasteiger partial charge in [0.2, 0.25) is 0 Å². The summed E-state index contributed by atoms with van der Waals surface area (Å²) in [6.45, 7) is 9.88. The molecule has 0 radical (unpaired) electrons. The lowest BCUT2D eigenvalue weighted by Gasteiger charge is -2.30. The summed E-state index contributed by atoms with van der Waals surface area (Å²) >= 11 is 0. The van der Waals surface area contributed by atoms with Gasteiger partial charge in [-0.3, -0.25) is 0 Å². The Labute approximate surface area is 135 Å². The number of urea groups is 1. The molecule has 1 N–H and O–H groups in total. The normalized spacial score (nSPS) is 26.6. The molecule has 2 heterocycles. The summed E-state index contributed by atoms with van der Waals surface area (Å²) in [5.41, 5.74) is 0. The number of amides is 2. The molecule has 22 heavy (non-hydrogen) atoms. The molecule has 2 fully saturated rings. The Balaban J connectivity index is 1.62. The maximum atomic E-state index is 12.2. The van der Waals surface area contributed by atoms with Crippen LogP contribution < -0.4 is 5.32 Å². The number of carbonyl (C=O) groups excluding carboxylic acids is 1. The Bertz CT molecular complexity index is 349. The molecule has 2 amide bonds. The van der Waals surface area contributed by atoms with Gasteiger partial charge in [-0.05, 0) is 51.1 Å². The van der Waals surface area contributed by atoms with Crippen LogP contribution in [-0.4, -0.2) is 68.3 Å². The van der Waals surface area contributed by atoms with E-state index in [2.05, 4.69) is 31.1 Å². The summed E-state index contributed by atoms with van der Waals surface area (Å²) in [5.74, 6) is 1.28. The molecule has 0 spiro atoms. The van der Waals surface area contributed by atoms with Crippen molar-refractivity contribution in [2.75, 3.05) is 46.4 Å². The van der Waals surface area contributed by atoms with Crippen LogP contribution in [0.25, 0.3) is 0 Å². The third kappa shape index (κ3) is 5.76. The van der Waals surface area contributed by atoms with Crippen molar-refractivity contribution in [3.63, 3.8) is 0 Å². The number of likely N-dealkylation sites (tertiary alicyclic amines) is 2. The molecule has 0 aromatic rings. The number of piperidine rings is 1. The van der Waals surface area contributed by atoms with Crippen molar-refractivity contribution in [3.8, 4) is 0 Å². The molecule has 2 rings (SSSR count). The maximum Gasteiger partial charge on any atom is 0.317 e. The van der Waals surface area contributed by atoms with E-state index in [0.717, 1.165) is 45.6 Å². The van der Waals surface area contributed by atoms with Crippen LogP contribution in [0.5, 0.6) is 0 Å². The molecule has 5 nitrogen and oxygen atoms in total. The maximum absolute atomic E-state index is 12.2. The Hall–Kier alpha value is -0.810. The lowest BCUT2D eigenvalue weighted by molar-refractivity contribution is 0.0542. The fourth-order valence-electron chi connectivity index (χ4n) is 3.30. The molecule has 128 valence electrons. The highest BCUT2D eigenvalue weighted by Crippen LogP contribution is 2.16. The van der Waals surface area contributed by atoms with E-state index in [0.29, 0.717) is 11.8 Å². The van der Waals surface area contributed by atoms with Crippen molar-refractivity contribution in [2.24, 2.45) is 11.8 Å². The van der Waals surface area contributed by atoms with Gasteiger partial charge >= 0.3 is 6.03 Å². The average Bonchev–Trinajstić information content (AvgIpc) is 2.93. The smallest absolute Gasteiger partial charge is 0.317 e. The Morgan fingerprint density at radius 3 is 2.82 bits per heavy atom. The van der Waals surface area contributed by atoms with E-state index in [1.807, 2.05) is 4.90 Å². The second kappa shape index (κ2) is 8.73. The molecule has 2 aliphatic rings. The quantitative estimate of drug-likeness (QED) is 0.818. The van der Waals surface area contributed by atoms with Crippen molar-refractivity contribution in [2.45, 2.75) is 45.6 Å². The van der Waals surface area contributed by atoms with Gasteiger partial charge in [0.25, 0.3) is 0 Å². The molecular formula is C17H33N3O2. The van der Waals surface area contributed by atoms with E-state index < -0.39 is 0 Å². The zero-order chi connectivity index (χ0) is 15.9. The van der Waals surface area contributed by atoms with Crippen LogP contribution in [0, 0.1) is 11.8 Å². The number of ether oxygens (including phenoxy) is 1. The standard InChI is InChI=1S/C17H33N3O2/c1-14(2)7-10-22-16-6-9-20(13-16)17(21)18-11-15-5-4-8-19(3)12-15/h14-16H,4-13H2,1-3H3,(H,18,21)/t15-,16-/m0/s1. The van der Waals surface area contributed by atoms with Crippen LogP contribution in [0.1, 0.15) is 39.5 Å². The highest BCUT2D eigenvalue weighted by molar-refractivity contribution is 5.74. The largest absolute Gasteiger partial charge is 0.376 e. The predicted octanol–water partition coefficient (Wildman–Crippen LogP) is 2.17. The second-order valence-electron chi connectivity index (χ2n) is 7.37. The highest BCUT2D eigenvalue weighted by Gasteiger charge is 2.27. The van der Waals surface area contributed by atoms with Crippen molar-refractivity contribution >= 4 is 6.03 Å². The minimum absolute atomic E-state index is 0.0863. The highest BCUT2D eigenvalue weighted by atomic mass is 16.5. The van der Waals surface area contributed by atoms with E-state index in [1.54, 1.807) is 0 Å². The summed E-state index contributed by atoms with van der Waals surface area (Å²) in [5, 5.41) is 3.11. The van der Waals surface area contributed by atoms with Crippen molar-refractivity contribution in [1.29, 1.82) is 0 Å². The van der Waals surface area contributed by atoms with Gasteiger partial charge < -0.3 is 19.9 Å². The molecule has 0 unspecified atom stereocenters. The fourth-order valence-corrected chi connectivity index (χ4v) is 3.30. The lowest BCUT2D eigenvalue weighted by atomic mass is 9.99. The first-order chi connectivity index (χ1) is 10.5. The monoisotopic (exact) mass is 311 g/mol. The molecule has 0 aromatic carbocycles. The summed E-state index contributed by atoms with van der Waals surface area (Å²) in [7, 11) is 2.16. The van der Waals surface area contributed by atoms with Gasteiger partial charge in [0.1, 0.15) is 0 Å². The molecule has 0 aromatic heterocycles. The van der Waals surface area contributed by atoms with Crippen LogP contribution >= 0.6 is 0 Å². The molecule has 0 bridgehead atoms. The summed E-state index contributed by atoms with van der Waals surface area (Å²) in [6.07, 6.45) is 4.76. The summed E-state index contributed by atoms with van der Waals surface area (Å²) in [4.78, 5) is 16.5. The van der Waals surface area contributed by atoms with Crippen LogP contribution in [0.2, 0.25) is 0 Å². The van der Waals surface area contributed by atoms with Gasteiger partial charge in [-0.2, -0.15) is 0 Å². The lowest BCUT2D eigenvalue weighted by Crippen LogP contribution is -2.44. The summed E-state index contributed by atoms with van der Waals surface area (Å²) in [6, 6.07) is 0.0863. The predicted molar refractivity (Wildman–Crippen MR) is 89.0 cm³/mol. The second-order valence-corrected chi connectivity index (χ2v) is 7.37. The number of nitrogens with zero attached hydrogens (tertiary/aromatic N) is 2. The number of nitrogens with one attached hydrogen (secondary N) is 1. The molecule has 2 aliphatic heterocycles. The molecule has 2 atom stereocenters. The van der Waals surface area contributed by atoms with Gasteiger partial charge in [0.15, 0.2) is 0 Å². The molecule has 0 aliphatic carbocycles. The van der Waals surface area contributed by atoms with Crippen molar-refractivity contribution < 1.29 is 9.53 Å². The van der Waals surface area contributed by atoms with E-state index in [1.165, 1.54) is 19.4 Å². The topological polar surface area (TPSA) is 44.8 Å². The first-order valence-corrected chi connectivity index (χ1v) is 8.87. The molecule has 0 saturated carbocycles. The Morgan fingerprint density at radius 2 is 2.09 bits per heavy atom. The first kappa shape index (κ1) is 17.5. The number of hydrogen-bond donors (Lipinski definition) is 1. The zero-order valence-corrected chi connectivity index (χ0v) is 14.5. The third-order valence-electron chi connectivity index (χ3n) is 4.75. The molecule has 2 saturated heterocycles. The fraction of sp³-hybridized carbons (Fsp3) is 0.941. The minimum atomic E-state index is 0.0863. The van der Waals surface area contributed by atoms with Gasteiger partial charge in [0.05, 0.1) is 6.10 Å². The molecular weight excluding hydrogens is 278 g/mol. The van der Waals surface area contributed by atoms with Crippen LogP contribution in [0.4, 0.5) is 4.79 Å². The van der Waals surface area contributed by atoms with Crippen LogP contribution in [0.3, 0.4) is 0 Å². The number of rotatable bonds is 6. The van der Waals surface area contributed by atoms with Crippen LogP contribution in [-0.2, 0) is 4.74 Å². The summed E-state index contributed by atoms with van der Waals surface area (Å²) < 4.78 is 5.87. The van der Waals surface area contributed by atoms with Crippen molar-refractivity contribution in [1.82, 2.24) is 15.1 Å². The Kier molecular flexibility index (Phi) is 6.96. The zero-order valence-electron chi connectivity index (χ0n) is 14.5. The number of hydrogen-bond acceptors (Lipinski definition) is 3. The van der Waals surface area contributed by atoms with Crippen LogP contribution in [0.15, 0.2) is 0 Å². The first-order valence-electron chi connectivity index (χ1n) is 8.87. The van der Waals surface area contributed by atoms with Gasteiger partial charge in [-0.15, -0.1) is 0 Å². The minimum Gasteiger partial charge on any atom is -0.376 e. The SMILES string of the molecule is CC(C)CCO[C@H]1CCN(C(=O)NC[C@@H]2CCCN(C)C2)C1. The molecule has 5 heteroatoms. The van der Waals surface area contributed by atoms with Gasteiger partial charge in [0, 0.05) is 32.8 Å². The average molecular weight is 311 g/mol. The third-order valence-corrected chi connectivity index (χ3v) is 4.75. The van der Waals surface area contributed by atoms with Crippen molar-refractivity contribution in [3.05, 3.63) is 0 Å². The van der Waals surface area contributed by atoms with Gasteiger partial charge in [-0.1, -0.05) is 13.8 Å². The Morgan fingerprint density at radius 1 is 1.27 bits per heavy atom. The van der Waals surface area contributed by atoms with E-state index in [-0.39, 0.29) is 12.1 Å². The number of carbonyl (C=O) groups is 1. The van der Waals surface area contributed by atoms with E-state index >= 15 is 0 Å². The van der Waals surface area contributed by atoms with E-state index in [9.17, 15) is 4.79 Å². The van der Waals surface area contributed by atoms with Gasteiger partial charge in [-0.25, -0.2) is 4.79 Å². The van der Waals surface area contributed by atoms with E-state index in [4.69, 9.17) is 4.74 Å².